The molecule has 0 bridgehead atoms. The maximum absolute atomic E-state index is 10.9. The summed E-state index contributed by atoms with van der Waals surface area (Å²) in [5.41, 5.74) is 1.78. The molecule has 2 heterocycles. The van der Waals surface area contributed by atoms with Gasteiger partial charge in [0.25, 0.3) is 0 Å². The summed E-state index contributed by atoms with van der Waals surface area (Å²) in [7, 11) is 0. The fraction of sp³-hybridized carbons (Fsp3) is 0.0909. The number of carbonyl (C=O) groups is 1. The molecule has 0 atom stereocenters. The lowest BCUT2D eigenvalue weighted by Gasteiger charge is -1.95. The third-order valence-electron chi connectivity index (χ3n) is 2.08. The highest BCUT2D eigenvalue weighted by Crippen LogP contribution is 2.19. The largest absolute Gasteiger partial charge is 0.298 e. The number of pyridine rings is 1. The molecule has 0 aliphatic heterocycles. The Bertz CT molecular complexity index is 539. The molecule has 0 saturated heterocycles. The van der Waals surface area contributed by atoms with Gasteiger partial charge in [0.15, 0.2) is 6.29 Å². The number of nitriles is 1. The molecule has 0 aromatic carbocycles. The Morgan fingerprint density at radius 3 is 3.06 bits per heavy atom. The first kappa shape index (κ1) is 10.1. The first-order chi connectivity index (χ1) is 7.85. The molecule has 0 N–H and O–H groups in total. The van der Waals surface area contributed by atoms with E-state index in [1.54, 1.807) is 24.7 Å². The molecule has 0 aliphatic carbocycles. The van der Waals surface area contributed by atoms with Crippen molar-refractivity contribution in [1.29, 1.82) is 5.26 Å². The van der Waals surface area contributed by atoms with E-state index in [0.717, 1.165) is 11.8 Å². The van der Waals surface area contributed by atoms with E-state index < -0.39 is 0 Å². The molecule has 0 spiro atoms. The first-order valence-corrected chi connectivity index (χ1v) is 4.65. The van der Waals surface area contributed by atoms with E-state index in [0.29, 0.717) is 11.3 Å². The van der Waals surface area contributed by atoms with Crippen LogP contribution in [-0.2, 0) is 6.54 Å². The van der Waals surface area contributed by atoms with Crippen molar-refractivity contribution >= 4 is 6.29 Å². The van der Waals surface area contributed by atoms with Crippen molar-refractivity contribution in [2.75, 3.05) is 0 Å². The number of hydrogen-bond acceptors (Lipinski definition) is 4. The van der Waals surface area contributed by atoms with Gasteiger partial charge in [-0.2, -0.15) is 10.4 Å². The van der Waals surface area contributed by atoms with Crippen molar-refractivity contribution in [2.24, 2.45) is 0 Å². The van der Waals surface area contributed by atoms with Crippen molar-refractivity contribution in [1.82, 2.24) is 14.8 Å². The lowest BCUT2D eigenvalue weighted by molar-refractivity contribution is 0.112. The minimum absolute atomic E-state index is 0.126. The normalized spacial score (nSPS) is 9.69. The average Bonchev–Trinajstić information content (AvgIpc) is 2.74. The van der Waals surface area contributed by atoms with Crippen molar-refractivity contribution < 1.29 is 4.79 Å². The summed E-state index contributed by atoms with van der Waals surface area (Å²) in [6.07, 6.45) is 5.56. The van der Waals surface area contributed by atoms with Crippen LogP contribution in [0.2, 0.25) is 0 Å². The fourth-order valence-corrected chi connectivity index (χ4v) is 1.40. The molecule has 0 fully saturated rings. The first-order valence-electron chi connectivity index (χ1n) is 4.65. The minimum atomic E-state index is 0.126. The van der Waals surface area contributed by atoms with Crippen LogP contribution >= 0.6 is 0 Å². The van der Waals surface area contributed by atoms with E-state index in [1.165, 1.54) is 4.68 Å². The molecular weight excluding hydrogens is 204 g/mol. The van der Waals surface area contributed by atoms with Crippen molar-refractivity contribution in [3.8, 4) is 17.3 Å². The standard InChI is InChI=1S/C11H8N4O/c12-3-5-15-7-10(8-16)11(14-15)9-2-1-4-13-6-9/h1-2,4,6-8H,5H2. The summed E-state index contributed by atoms with van der Waals surface area (Å²) in [6.45, 7) is 0.126. The maximum Gasteiger partial charge on any atom is 0.153 e. The Hall–Kier alpha value is -2.48. The Balaban J connectivity index is 2.48. The van der Waals surface area contributed by atoms with Crippen LogP contribution in [0.3, 0.4) is 0 Å². The fourth-order valence-electron chi connectivity index (χ4n) is 1.40. The van der Waals surface area contributed by atoms with Gasteiger partial charge in [-0.15, -0.1) is 0 Å². The van der Waals surface area contributed by atoms with Crippen LogP contribution in [0.5, 0.6) is 0 Å². The molecule has 2 aromatic rings. The Morgan fingerprint density at radius 1 is 1.56 bits per heavy atom. The summed E-state index contributed by atoms with van der Waals surface area (Å²) in [6, 6.07) is 5.56. The van der Waals surface area contributed by atoms with Gasteiger partial charge in [-0.1, -0.05) is 0 Å². The zero-order valence-electron chi connectivity index (χ0n) is 8.37. The second-order valence-corrected chi connectivity index (χ2v) is 3.15. The van der Waals surface area contributed by atoms with Gasteiger partial charge in [-0.3, -0.25) is 14.5 Å². The summed E-state index contributed by atoms with van der Waals surface area (Å²) < 4.78 is 1.44. The quantitative estimate of drug-likeness (QED) is 0.718. The monoisotopic (exact) mass is 212 g/mol. The highest BCUT2D eigenvalue weighted by atomic mass is 16.1. The smallest absolute Gasteiger partial charge is 0.153 e. The molecule has 2 rings (SSSR count). The number of aldehydes is 1. The summed E-state index contributed by atoms with van der Waals surface area (Å²) >= 11 is 0. The number of carbonyl (C=O) groups excluding carboxylic acids is 1. The number of hydrogen-bond donors (Lipinski definition) is 0. The SMILES string of the molecule is N#CCn1cc(C=O)c(-c2cccnc2)n1. The summed E-state index contributed by atoms with van der Waals surface area (Å²) in [5, 5.41) is 12.7. The van der Waals surface area contributed by atoms with Crippen LogP contribution in [0.4, 0.5) is 0 Å². The van der Waals surface area contributed by atoms with E-state index in [-0.39, 0.29) is 6.54 Å². The van der Waals surface area contributed by atoms with E-state index in [9.17, 15) is 4.79 Å². The van der Waals surface area contributed by atoms with Gasteiger partial charge >= 0.3 is 0 Å². The van der Waals surface area contributed by atoms with Gasteiger partial charge in [0.2, 0.25) is 0 Å². The Kier molecular flexibility index (Phi) is 2.74. The van der Waals surface area contributed by atoms with Gasteiger partial charge in [-0.05, 0) is 12.1 Å². The summed E-state index contributed by atoms with van der Waals surface area (Å²) in [5.74, 6) is 0. The van der Waals surface area contributed by atoms with Gasteiger partial charge in [-0.25, -0.2) is 0 Å². The van der Waals surface area contributed by atoms with Crippen LogP contribution in [-0.4, -0.2) is 21.1 Å². The molecule has 0 saturated carbocycles. The maximum atomic E-state index is 10.9. The Labute approximate surface area is 92.0 Å². The molecule has 0 unspecified atom stereocenters. The highest BCUT2D eigenvalue weighted by Gasteiger charge is 2.10. The minimum Gasteiger partial charge on any atom is -0.298 e. The Morgan fingerprint density at radius 2 is 2.44 bits per heavy atom. The third kappa shape index (κ3) is 1.81. The van der Waals surface area contributed by atoms with E-state index >= 15 is 0 Å². The molecule has 16 heavy (non-hydrogen) atoms. The molecule has 5 nitrogen and oxygen atoms in total. The van der Waals surface area contributed by atoms with Crippen LogP contribution < -0.4 is 0 Å². The van der Waals surface area contributed by atoms with Gasteiger partial charge in [0.05, 0.1) is 11.6 Å². The molecular formula is C11H8N4O. The third-order valence-corrected chi connectivity index (χ3v) is 2.08. The molecule has 78 valence electrons. The van der Waals surface area contributed by atoms with Crippen molar-refractivity contribution in [3.63, 3.8) is 0 Å². The molecule has 0 aliphatic rings. The number of rotatable bonds is 3. The van der Waals surface area contributed by atoms with E-state index in [4.69, 9.17) is 5.26 Å². The molecule has 5 heteroatoms. The van der Waals surface area contributed by atoms with Crippen LogP contribution in [0.15, 0.2) is 30.7 Å². The highest BCUT2D eigenvalue weighted by molar-refractivity contribution is 5.85. The van der Waals surface area contributed by atoms with E-state index in [2.05, 4.69) is 10.1 Å². The second-order valence-electron chi connectivity index (χ2n) is 3.15. The van der Waals surface area contributed by atoms with Crippen LogP contribution in [0, 0.1) is 11.3 Å². The molecule has 0 radical (unpaired) electrons. The predicted molar refractivity (Wildman–Crippen MR) is 56.5 cm³/mol. The second kappa shape index (κ2) is 4.36. The molecule has 0 amide bonds. The van der Waals surface area contributed by atoms with Gasteiger partial charge in [0, 0.05) is 24.2 Å². The summed E-state index contributed by atoms with van der Waals surface area (Å²) in [4.78, 5) is 14.8. The van der Waals surface area contributed by atoms with Crippen molar-refractivity contribution in [3.05, 3.63) is 36.3 Å². The number of nitrogens with zero attached hydrogens (tertiary/aromatic N) is 4. The van der Waals surface area contributed by atoms with Gasteiger partial charge in [0.1, 0.15) is 12.2 Å². The van der Waals surface area contributed by atoms with E-state index in [1.807, 2.05) is 12.1 Å². The lowest BCUT2D eigenvalue weighted by Crippen LogP contribution is -1.95. The predicted octanol–water partition coefficient (Wildman–Crippen LogP) is 1.28. The van der Waals surface area contributed by atoms with Gasteiger partial charge < -0.3 is 0 Å². The zero-order chi connectivity index (χ0) is 11.4. The van der Waals surface area contributed by atoms with Crippen LogP contribution in [0.1, 0.15) is 10.4 Å². The van der Waals surface area contributed by atoms with Crippen molar-refractivity contribution in [2.45, 2.75) is 6.54 Å². The topological polar surface area (TPSA) is 71.6 Å². The lowest BCUT2D eigenvalue weighted by atomic mass is 10.1. The molecule has 2 aromatic heterocycles. The van der Waals surface area contributed by atoms with Crippen LogP contribution in [0.25, 0.3) is 11.3 Å². The average molecular weight is 212 g/mol. The zero-order valence-corrected chi connectivity index (χ0v) is 8.37. The number of aromatic nitrogens is 3.